The van der Waals surface area contributed by atoms with E-state index in [-0.39, 0.29) is 23.4 Å². The standard InChI is InChI=1S/C11H16N4O3/c1-6-5-15(3-2-8(6)12)10(17)7-4-13-11(18)14-9(7)16/h4,6,8H,2-3,5,12H2,1H3,(H2,13,14,16,18). The van der Waals surface area contributed by atoms with Gasteiger partial charge < -0.3 is 15.6 Å². The fourth-order valence-corrected chi connectivity index (χ4v) is 2.09. The molecule has 2 unspecified atom stereocenters. The molecule has 1 amide bonds. The van der Waals surface area contributed by atoms with E-state index >= 15 is 0 Å². The van der Waals surface area contributed by atoms with Crippen LogP contribution in [0.4, 0.5) is 0 Å². The molecule has 1 saturated heterocycles. The zero-order chi connectivity index (χ0) is 13.3. The number of nitrogens with two attached hydrogens (primary N) is 1. The van der Waals surface area contributed by atoms with E-state index < -0.39 is 11.2 Å². The van der Waals surface area contributed by atoms with Crippen LogP contribution in [0.15, 0.2) is 15.8 Å². The van der Waals surface area contributed by atoms with Crippen LogP contribution in [0, 0.1) is 5.92 Å². The summed E-state index contributed by atoms with van der Waals surface area (Å²) in [6.45, 7) is 3.03. The number of likely N-dealkylation sites (tertiary alicyclic amines) is 1. The summed E-state index contributed by atoms with van der Waals surface area (Å²) < 4.78 is 0. The average molecular weight is 252 g/mol. The molecule has 98 valence electrons. The summed E-state index contributed by atoms with van der Waals surface area (Å²) >= 11 is 0. The van der Waals surface area contributed by atoms with Gasteiger partial charge in [-0.1, -0.05) is 6.92 Å². The summed E-state index contributed by atoms with van der Waals surface area (Å²) in [5, 5.41) is 0. The van der Waals surface area contributed by atoms with Crippen LogP contribution in [0.3, 0.4) is 0 Å². The first-order valence-electron chi connectivity index (χ1n) is 5.86. The lowest BCUT2D eigenvalue weighted by molar-refractivity contribution is 0.0661. The number of aromatic nitrogens is 2. The SMILES string of the molecule is CC1CN(C(=O)c2c[nH]c(=O)[nH]c2=O)CCC1N. The Bertz CT molecular complexity index is 562. The molecule has 7 nitrogen and oxygen atoms in total. The molecule has 0 radical (unpaired) electrons. The Labute approximate surface area is 103 Å². The highest BCUT2D eigenvalue weighted by atomic mass is 16.2. The fourth-order valence-electron chi connectivity index (χ4n) is 2.09. The molecule has 2 heterocycles. The van der Waals surface area contributed by atoms with Gasteiger partial charge in [-0.2, -0.15) is 0 Å². The molecule has 2 rings (SSSR count). The van der Waals surface area contributed by atoms with Crippen molar-refractivity contribution in [2.75, 3.05) is 13.1 Å². The number of carbonyl (C=O) groups is 1. The van der Waals surface area contributed by atoms with E-state index in [0.717, 1.165) is 6.20 Å². The third kappa shape index (κ3) is 2.35. The normalized spacial score (nSPS) is 24.0. The van der Waals surface area contributed by atoms with E-state index in [9.17, 15) is 14.4 Å². The van der Waals surface area contributed by atoms with Crippen molar-refractivity contribution in [2.24, 2.45) is 11.7 Å². The Hall–Kier alpha value is -1.89. The quantitative estimate of drug-likeness (QED) is 0.587. The minimum Gasteiger partial charge on any atom is -0.338 e. The van der Waals surface area contributed by atoms with Gasteiger partial charge in [-0.15, -0.1) is 0 Å². The first kappa shape index (κ1) is 12.6. The first-order valence-corrected chi connectivity index (χ1v) is 5.86. The van der Waals surface area contributed by atoms with E-state index in [0.29, 0.717) is 19.5 Å². The molecule has 0 saturated carbocycles. The zero-order valence-corrected chi connectivity index (χ0v) is 10.1. The number of carbonyl (C=O) groups excluding carboxylic acids is 1. The van der Waals surface area contributed by atoms with Crippen molar-refractivity contribution in [1.29, 1.82) is 0 Å². The molecule has 1 aromatic heterocycles. The number of piperidine rings is 1. The fraction of sp³-hybridized carbons (Fsp3) is 0.545. The second-order valence-electron chi connectivity index (χ2n) is 4.67. The van der Waals surface area contributed by atoms with E-state index in [4.69, 9.17) is 5.73 Å². The number of hydrogen-bond acceptors (Lipinski definition) is 4. The van der Waals surface area contributed by atoms with Crippen molar-refractivity contribution < 1.29 is 4.79 Å². The minimum absolute atomic E-state index is 0.0442. The summed E-state index contributed by atoms with van der Waals surface area (Å²) in [6.07, 6.45) is 1.87. The van der Waals surface area contributed by atoms with Gasteiger partial charge in [0.2, 0.25) is 0 Å². The lowest BCUT2D eigenvalue weighted by Crippen LogP contribution is -2.49. The molecule has 2 atom stereocenters. The topological polar surface area (TPSA) is 112 Å². The van der Waals surface area contributed by atoms with Crippen LogP contribution < -0.4 is 17.0 Å². The van der Waals surface area contributed by atoms with E-state index in [1.807, 2.05) is 11.9 Å². The second-order valence-corrected chi connectivity index (χ2v) is 4.67. The van der Waals surface area contributed by atoms with Crippen LogP contribution in [0.5, 0.6) is 0 Å². The molecule has 1 aliphatic heterocycles. The molecule has 0 spiro atoms. The Morgan fingerprint density at radius 1 is 1.50 bits per heavy atom. The molecular formula is C11H16N4O3. The minimum atomic E-state index is -0.661. The van der Waals surface area contributed by atoms with E-state index in [1.54, 1.807) is 4.90 Å². The number of amides is 1. The summed E-state index contributed by atoms with van der Waals surface area (Å²) in [5.74, 6) is -0.171. The molecule has 1 fully saturated rings. The van der Waals surface area contributed by atoms with Crippen LogP contribution in [-0.4, -0.2) is 39.9 Å². The molecule has 0 bridgehead atoms. The average Bonchev–Trinajstić information content (AvgIpc) is 2.32. The number of hydrogen-bond donors (Lipinski definition) is 3. The zero-order valence-electron chi connectivity index (χ0n) is 10.1. The van der Waals surface area contributed by atoms with E-state index in [2.05, 4.69) is 4.98 Å². The summed E-state index contributed by atoms with van der Waals surface area (Å²) in [7, 11) is 0. The van der Waals surface area contributed by atoms with Gasteiger partial charge in [-0.25, -0.2) is 4.79 Å². The summed E-state index contributed by atoms with van der Waals surface area (Å²) in [5.41, 5.74) is 4.55. The molecule has 7 heteroatoms. The van der Waals surface area contributed by atoms with Crippen LogP contribution in [-0.2, 0) is 0 Å². The van der Waals surface area contributed by atoms with Crippen molar-refractivity contribution in [3.63, 3.8) is 0 Å². The number of rotatable bonds is 1. The van der Waals surface area contributed by atoms with Crippen LogP contribution >= 0.6 is 0 Å². The van der Waals surface area contributed by atoms with Gasteiger partial charge in [0.05, 0.1) is 0 Å². The molecule has 0 aliphatic carbocycles. The van der Waals surface area contributed by atoms with Crippen molar-refractivity contribution in [3.8, 4) is 0 Å². The van der Waals surface area contributed by atoms with Gasteiger partial charge in [-0.3, -0.25) is 14.6 Å². The Balaban J connectivity index is 2.22. The predicted molar refractivity (Wildman–Crippen MR) is 65.3 cm³/mol. The third-order valence-corrected chi connectivity index (χ3v) is 3.31. The third-order valence-electron chi connectivity index (χ3n) is 3.31. The largest absolute Gasteiger partial charge is 0.338 e. The highest BCUT2D eigenvalue weighted by Gasteiger charge is 2.28. The molecule has 1 aromatic rings. The maximum atomic E-state index is 12.1. The van der Waals surface area contributed by atoms with Gasteiger partial charge in [0, 0.05) is 25.3 Å². The Morgan fingerprint density at radius 3 is 2.83 bits per heavy atom. The molecule has 1 aliphatic rings. The van der Waals surface area contributed by atoms with Gasteiger partial charge in [0.1, 0.15) is 5.56 Å². The molecule has 0 aromatic carbocycles. The highest BCUT2D eigenvalue weighted by molar-refractivity contribution is 5.93. The van der Waals surface area contributed by atoms with Gasteiger partial charge >= 0.3 is 5.69 Å². The van der Waals surface area contributed by atoms with Crippen molar-refractivity contribution in [1.82, 2.24) is 14.9 Å². The smallest absolute Gasteiger partial charge is 0.325 e. The second kappa shape index (κ2) is 4.77. The summed E-state index contributed by atoms with van der Waals surface area (Å²) in [6, 6.07) is 0.0860. The summed E-state index contributed by atoms with van der Waals surface area (Å²) in [4.78, 5) is 40.5. The Kier molecular flexibility index (Phi) is 3.33. The number of aromatic amines is 2. The van der Waals surface area contributed by atoms with Crippen LogP contribution in [0.2, 0.25) is 0 Å². The van der Waals surface area contributed by atoms with Crippen LogP contribution in [0.25, 0.3) is 0 Å². The Morgan fingerprint density at radius 2 is 2.22 bits per heavy atom. The first-order chi connectivity index (χ1) is 8.49. The lowest BCUT2D eigenvalue weighted by atomic mass is 9.94. The van der Waals surface area contributed by atoms with Crippen molar-refractivity contribution in [3.05, 3.63) is 32.6 Å². The maximum Gasteiger partial charge on any atom is 0.325 e. The molecule has 4 N–H and O–H groups in total. The number of H-pyrrole nitrogens is 2. The highest BCUT2D eigenvalue weighted by Crippen LogP contribution is 2.16. The monoisotopic (exact) mass is 252 g/mol. The lowest BCUT2D eigenvalue weighted by Gasteiger charge is -2.34. The van der Waals surface area contributed by atoms with Crippen molar-refractivity contribution >= 4 is 5.91 Å². The molecule has 18 heavy (non-hydrogen) atoms. The van der Waals surface area contributed by atoms with Crippen molar-refractivity contribution in [2.45, 2.75) is 19.4 Å². The van der Waals surface area contributed by atoms with Gasteiger partial charge in [0.25, 0.3) is 11.5 Å². The maximum absolute atomic E-state index is 12.1. The van der Waals surface area contributed by atoms with Gasteiger partial charge in [0.15, 0.2) is 0 Å². The van der Waals surface area contributed by atoms with Crippen LogP contribution in [0.1, 0.15) is 23.7 Å². The van der Waals surface area contributed by atoms with E-state index in [1.165, 1.54) is 0 Å². The van der Waals surface area contributed by atoms with Gasteiger partial charge in [-0.05, 0) is 12.3 Å². The number of nitrogens with one attached hydrogen (secondary N) is 2. The number of nitrogens with zero attached hydrogens (tertiary/aromatic N) is 1. The molecular weight excluding hydrogens is 236 g/mol. The predicted octanol–water partition coefficient (Wildman–Crippen LogP) is -1.13.